The van der Waals surface area contributed by atoms with E-state index < -0.39 is 0 Å². The van der Waals surface area contributed by atoms with E-state index in [1.54, 1.807) is 16.6 Å². The van der Waals surface area contributed by atoms with Crippen molar-refractivity contribution < 1.29 is 4.79 Å². The third kappa shape index (κ3) is 3.20. The second-order valence-corrected chi connectivity index (χ2v) is 7.33. The van der Waals surface area contributed by atoms with Gasteiger partial charge in [0.1, 0.15) is 0 Å². The van der Waals surface area contributed by atoms with Crippen LogP contribution in [0.3, 0.4) is 0 Å². The minimum Gasteiger partial charge on any atom is -0.289 e. The zero-order valence-electron chi connectivity index (χ0n) is 13.2. The van der Waals surface area contributed by atoms with Crippen LogP contribution in [-0.4, -0.2) is 20.5 Å². The van der Waals surface area contributed by atoms with E-state index in [0.717, 1.165) is 20.7 Å². The van der Waals surface area contributed by atoms with Crippen molar-refractivity contribution in [2.45, 2.75) is 6.92 Å². The fraction of sp³-hybridized carbons (Fsp3) is 0.0556. The van der Waals surface area contributed by atoms with E-state index in [9.17, 15) is 4.79 Å². The summed E-state index contributed by atoms with van der Waals surface area (Å²) in [5.74, 6) is 0.0571. The molecule has 2 aromatic carbocycles. The van der Waals surface area contributed by atoms with Gasteiger partial charge in [-0.1, -0.05) is 51.8 Å². The molecule has 0 saturated heterocycles. The van der Waals surface area contributed by atoms with Gasteiger partial charge in [-0.2, -0.15) is 4.98 Å². The summed E-state index contributed by atoms with van der Waals surface area (Å²) in [6.45, 7) is 2.05. The molecule has 1 N–H and O–H groups in total. The van der Waals surface area contributed by atoms with E-state index in [2.05, 4.69) is 62.5 Å². The molecule has 0 spiro atoms. The molecule has 0 unspecified atom stereocenters. The highest BCUT2D eigenvalue weighted by atomic mass is 79.9. The summed E-state index contributed by atoms with van der Waals surface area (Å²) in [6.07, 6.45) is 0. The number of carbonyl (C=O) groups excluding carboxylic acids is 1. The highest BCUT2D eigenvalue weighted by Gasteiger charge is 2.14. The predicted molar refractivity (Wildman–Crippen MR) is 103 cm³/mol. The van der Waals surface area contributed by atoms with Gasteiger partial charge in [-0.15, -0.1) is 16.4 Å². The lowest BCUT2D eigenvalue weighted by molar-refractivity contribution is 0.102. The summed E-state index contributed by atoms with van der Waals surface area (Å²) < 4.78 is 2.60. The Balaban J connectivity index is 1.64. The van der Waals surface area contributed by atoms with Gasteiger partial charge >= 0.3 is 0 Å². The number of hydrogen-bond acceptors (Lipinski definition) is 4. The molecule has 7 heteroatoms. The number of halogens is 1. The third-order valence-corrected chi connectivity index (χ3v) is 5.05. The third-order valence-electron chi connectivity index (χ3n) is 3.74. The van der Waals surface area contributed by atoms with Gasteiger partial charge in [0.15, 0.2) is 0 Å². The molecule has 0 fully saturated rings. The second-order valence-electron chi connectivity index (χ2n) is 5.58. The normalized spacial score (nSPS) is 11.0. The molecule has 0 aliphatic heterocycles. The lowest BCUT2D eigenvalue weighted by atomic mass is 10.1. The van der Waals surface area contributed by atoms with E-state index in [-0.39, 0.29) is 5.91 Å². The SMILES string of the molecule is Cc1ccc(-c2csc3nc(NC(=O)c4cccc(Br)c4)nn23)cc1. The molecule has 25 heavy (non-hydrogen) atoms. The molecular formula is C18H13BrN4OS. The summed E-state index contributed by atoms with van der Waals surface area (Å²) in [4.78, 5) is 17.5. The number of benzene rings is 2. The molecule has 4 aromatic rings. The van der Waals surface area contributed by atoms with Crippen molar-refractivity contribution in [3.05, 3.63) is 69.5 Å². The van der Waals surface area contributed by atoms with E-state index >= 15 is 0 Å². The first kappa shape index (κ1) is 16.0. The Morgan fingerprint density at radius 3 is 2.76 bits per heavy atom. The zero-order chi connectivity index (χ0) is 17.4. The largest absolute Gasteiger partial charge is 0.289 e. The van der Waals surface area contributed by atoms with E-state index in [4.69, 9.17) is 0 Å². The lowest BCUT2D eigenvalue weighted by Gasteiger charge is -2.01. The molecule has 0 saturated carbocycles. The lowest BCUT2D eigenvalue weighted by Crippen LogP contribution is -2.13. The van der Waals surface area contributed by atoms with Crippen molar-refractivity contribution in [3.8, 4) is 11.3 Å². The van der Waals surface area contributed by atoms with Crippen molar-refractivity contribution in [2.24, 2.45) is 0 Å². The number of carbonyl (C=O) groups is 1. The number of aromatic nitrogens is 3. The number of aryl methyl sites for hydroxylation is 1. The number of anilines is 1. The van der Waals surface area contributed by atoms with Crippen molar-refractivity contribution in [1.29, 1.82) is 0 Å². The molecule has 1 amide bonds. The summed E-state index contributed by atoms with van der Waals surface area (Å²) in [7, 11) is 0. The fourth-order valence-corrected chi connectivity index (χ4v) is 3.69. The Morgan fingerprint density at radius 1 is 1.20 bits per heavy atom. The van der Waals surface area contributed by atoms with Crippen LogP contribution < -0.4 is 5.32 Å². The molecule has 0 bridgehead atoms. The van der Waals surface area contributed by atoms with Crippen LogP contribution in [0.1, 0.15) is 15.9 Å². The number of amides is 1. The van der Waals surface area contributed by atoms with Gasteiger partial charge in [-0.3, -0.25) is 10.1 Å². The van der Waals surface area contributed by atoms with Gasteiger partial charge in [-0.05, 0) is 25.1 Å². The number of fused-ring (bicyclic) bond motifs is 1. The molecule has 0 aliphatic carbocycles. The maximum absolute atomic E-state index is 12.3. The van der Waals surface area contributed by atoms with E-state index in [1.165, 1.54) is 16.9 Å². The Hall–Kier alpha value is -2.51. The number of thiazole rings is 1. The highest BCUT2D eigenvalue weighted by molar-refractivity contribution is 9.10. The van der Waals surface area contributed by atoms with Gasteiger partial charge in [0.05, 0.1) is 5.69 Å². The van der Waals surface area contributed by atoms with Crippen LogP contribution in [-0.2, 0) is 0 Å². The van der Waals surface area contributed by atoms with Crippen molar-refractivity contribution in [2.75, 3.05) is 5.32 Å². The smallest absolute Gasteiger partial charge is 0.258 e. The molecule has 0 aliphatic rings. The van der Waals surface area contributed by atoms with Crippen LogP contribution >= 0.6 is 27.3 Å². The van der Waals surface area contributed by atoms with Gasteiger partial charge in [0.25, 0.3) is 11.9 Å². The molecule has 4 rings (SSSR count). The Bertz CT molecular complexity index is 1070. The topological polar surface area (TPSA) is 59.3 Å². The van der Waals surface area contributed by atoms with Gasteiger partial charge < -0.3 is 0 Å². The summed E-state index contributed by atoms with van der Waals surface area (Å²) in [5.41, 5.74) is 3.77. The van der Waals surface area contributed by atoms with Gasteiger partial charge in [0, 0.05) is 21.0 Å². The van der Waals surface area contributed by atoms with Crippen LogP contribution in [0.4, 0.5) is 5.95 Å². The maximum atomic E-state index is 12.3. The first-order valence-corrected chi connectivity index (χ1v) is 9.26. The molecular weight excluding hydrogens is 400 g/mol. The average Bonchev–Trinajstić information content (AvgIpc) is 3.16. The molecule has 2 heterocycles. The molecule has 2 aromatic heterocycles. The van der Waals surface area contributed by atoms with E-state index in [0.29, 0.717) is 11.5 Å². The second kappa shape index (κ2) is 6.42. The summed E-state index contributed by atoms with van der Waals surface area (Å²) in [5, 5.41) is 9.20. The minimum atomic E-state index is -0.239. The van der Waals surface area contributed by atoms with Crippen molar-refractivity contribution >= 4 is 44.1 Å². The Morgan fingerprint density at radius 2 is 2.00 bits per heavy atom. The van der Waals surface area contributed by atoms with Crippen LogP contribution in [0.25, 0.3) is 16.2 Å². The Kier molecular flexibility index (Phi) is 4.10. The van der Waals surface area contributed by atoms with Crippen molar-refractivity contribution in [1.82, 2.24) is 14.6 Å². The van der Waals surface area contributed by atoms with Crippen LogP contribution in [0.2, 0.25) is 0 Å². The van der Waals surface area contributed by atoms with Gasteiger partial charge in [0.2, 0.25) is 4.96 Å². The quantitative estimate of drug-likeness (QED) is 0.526. The average molecular weight is 413 g/mol. The molecule has 0 atom stereocenters. The first-order valence-electron chi connectivity index (χ1n) is 7.58. The maximum Gasteiger partial charge on any atom is 0.258 e. The minimum absolute atomic E-state index is 0.239. The highest BCUT2D eigenvalue weighted by Crippen LogP contribution is 2.26. The van der Waals surface area contributed by atoms with E-state index in [1.807, 2.05) is 17.5 Å². The van der Waals surface area contributed by atoms with Gasteiger partial charge in [-0.25, -0.2) is 4.52 Å². The Labute approximate surface area is 156 Å². The monoisotopic (exact) mass is 412 g/mol. The summed E-state index contributed by atoms with van der Waals surface area (Å²) >= 11 is 4.85. The number of nitrogens with zero attached hydrogens (tertiary/aromatic N) is 3. The summed E-state index contributed by atoms with van der Waals surface area (Å²) in [6, 6.07) is 15.4. The number of nitrogens with one attached hydrogen (secondary N) is 1. The standard InChI is InChI=1S/C18H13BrN4OS/c1-11-5-7-12(8-6-11)15-10-25-18-21-17(22-23(15)18)20-16(24)13-3-2-4-14(19)9-13/h2-10H,1H3,(H,20,22,24). The molecule has 0 radical (unpaired) electrons. The van der Waals surface area contributed by atoms with Crippen molar-refractivity contribution in [3.63, 3.8) is 0 Å². The van der Waals surface area contributed by atoms with Crippen LogP contribution in [0.15, 0.2) is 58.4 Å². The van der Waals surface area contributed by atoms with Crippen LogP contribution in [0, 0.1) is 6.92 Å². The predicted octanol–water partition coefficient (Wildman–Crippen LogP) is 4.78. The molecule has 5 nitrogen and oxygen atoms in total. The number of hydrogen-bond donors (Lipinski definition) is 1. The van der Waals surface area contributed by atoms with Crippen LogP contribution in [0.5, 0.6) is 0 Å². The zero-order valence-corrected chi connectivity index (χ0v) is 15.6. The first-order chi connectivity index (χ1) is 12.1. The fourth-order valence-electron chi connectivity index (χ4n) is 2.46. The molecule has 124 valence electrons. The number of rotatable bonds is 3.